The molecular weight excluding hydrogens is 306 g/mol. The van der Waals surface area contributed by atoms with Gasteiger partial charge in [0.1, 0.15) is 5.75 Å². The number of carbonyl (C=O) groups excluding carboxylic acids is 2. The molecule has 1 aliphatic heterocycles. The third-order valence-corrected chi connectivity index (χ3v) is 3.91. The number of aromatic nitrogens is 1. The third-order valence-electron chi connectivity index (χ3n) is 3.91. The first kappa shape index (κ1) is 16.0. The Morgan fingerprint density at radius 2 is 2.04 bits per heavy atom. The number of benzene rings is 1. The van der Waals surface area contributed by atoms with E-state index in [9.17, 15) is 9.59 Å². The predicted octanol–water partition coefficient (Wildman–Crippen LogP) is 2.09. The minimum absolute atomic E-state index is 0.0569. The van der Waals surface area contributed by atoms with Gasteiger partial charge in [-0.3, -0.25) is 14.6 Å². The Kier molecular flexibility index (Phi) is 5.05. The fourth-order valence-electron chi connectivity index (χ4n) is 2.74. The van der Waals surface area contributed by atoms with Gasteiger partial charge in [-0.25, -0.2) is 0 Å². The van der Waals surface area contributed by atoms with Crippen LogP contribution in [0.2, 0.25) is 0 Å². The first-order valence-corrected chi connectivity index (χ1v) is 7.90. The Morgan fingerprint density at radius 1 is 1.17 bits per heavy atom. The van der Waals surface area contributed by atoms with Crippen LogP contribution in [-0.4, -0.2) is 29.9 Å². The zero-order valence-corrected chi connectivity index (χ0v) is 13.2. The molecule has 1 atom stereocenters. The van der Waals surface area contributed by atoms with Gasteiger partial charge in [-0.1, -0.05) is 18.2 Å². The van der Waals surface area contributed by atoms with E-state index < -0.39 is 0 Å². The van der Waals surface area contributed by atoms with Crippen molar-refractivity contribution in [1.29, 1.82) is 0 Å². The van der Waals surface area contributed by atoms with Gasteiger partial charge in [-0.2, -0.15) is 0 Å². The van der Waals surface area contributed by atoms with Crippen molar-refractivity contribution in [1.82, 2.24) is 10.3 Å². The van der Waals surface area contributed by atoms with Gasteiger partial charge in [0.2, 0.25) is 11.8 Å². The van der Waals surface area contributed by atoms with Crippen LogP contribution in [0.25, 0.3) is 0 Å². The second-order valence-corrected chi connectivity index (χ2v) is 5.64. The molecule has 2 aromatic rings. The summed E-state index contributed by atoms with van der Waals surface area (Å²) in [6.07, 6.45) is 4.33. The molecule has 6 nitrogen and oxygen atoms in total. The fraction of sp³-hybridized carbons (Fsp3) is 0.278. The maximum Gasteiger partial charge on any atom is 0.243 e. The Bertz CT molecular complexity index is 718. The average molecular weight is 325 g/mol. The van der Waals surface area contributed by atoms with E-state index in [1.165, 1.54) is 0 Å². The summed E-state index contributed by atoms with van der Waals surface area (Å²) < 4.78 is 5.60. The summed E-state index contributed by atoms with van der Waals surface area (Å²) in [5.74, 6) is 0.550. The Labute approximate surface area is 140 Å². The molecule has 0 fully saturated rings. The maximum absolute atomic E-state index is 12.1. The summed E-state index contributed by atoms with van der Waals surface area (Å²) in [5.41, 5.74) is 1.66. The van der Waals surface area contributed by atoms with Crippen LogP contribution in [0.4, 0.5) is 5.69 Å². The molecule has 2 amide bonds. The van der Waals surface area contributed by atoms with Crippen LogP contribution >= 0.6 is 0 Å². The monoisotopic (exact) mass is 325 g/mol. The van der Waals surface area contributed by atoms with Crippen LogP contribution in [-0.2, 0) is 9.59 Å². The molecule has 3 rings (SSSR count). The molecule has 124 valence electrons. The lowest BCUT2D eigenvalue weighted by atomic mass is 9.90. The van der Waals surface area contributed by atoms with Gasteiger partial charge in [0, 0.05) is 12.6 Å². The number of fused-ring (bicyclic) bond motifs is 1. The number of hydrogen-bond donors (Lipinski definition) is 2. The molecule has 0 aliphatic carbocycles. The van der Waals surface area contributed by atoms with Crippen LogP contribution < -0.4 is 15.4 Å². The Morgan fingerprint density at radius 3 is 2.88 bits per heavy atom. The van der Waals surface area contributed by atoms with Crippen molar-refractivity contribution >= 4 is 17.5 Å². The van der Waals surface area contributed by atoms with Crippen LogP contribution in [0.3, 0.4) is 0 Å². The maximum atomic E-state index is 12.1. The van der Waals surface area contributed by atoms with Crippen molar-refractivity contribution in [2.75, 3.05) is 18.5 Å². The first-order valence-electron chi connectivity index (χ1n) is 7.90. The summed E-state index contributed by atoms with van der Waals surface area (Å²) in [4.78, 5) is 27.9. The molecule has 1 aliphatic rings. The second kappa shape index (κ2) is 7.59. The van der Waals surface area contributed by atoms with Crippen LogP contribution in [0.15, 0.2) is 48.8 Å². The highest BCUT2D eigenvalue weighted by molar-refractivity contribution is 5.94. The van der Waals surface area contributed by atoms with E-state index in [-0.39, 0.29) is 24.3 Å². The molecule has 0 bridgehead atoms. The van der Waals surface area contributed by atoms with Gasteiger partial charge >= 0.3 is 0 Å². The first-order chi connectivity index (χ1) is 11.7. The summed E-state index contributed by atoms with van der Waals surface area (Å²) in [6, 6.07) is 11.2. The third kappa shape index (κ3) is 4.10. The number of carbonyl (C=O) groups is 2. The van der Waals surface area contributed by atoms with E-state index >= 15 is 0 Å². The fourth-order valence-corrected chi connectivity index (χ4v) is 2.74. The molecule has 2 heterocycles. The molecule has 1 aromatic carbocycles. The van der Waals surface area contributed by atoms with Crippen molar-refractivity contribution < 1.29 is 14.3 Å². The van der Waals surface area contributed by atoms with Crippen molar-refractivity contribution in [3.05, 3.63) is 54.4 Å². The van der Waals surface area contributed by atoms with Crippen molar-refractivity contribution in [2.24, 2.45) is 0 Å². The van der Waals surface area contributed by atoms with Gasteiger partial charge in [-0.05, 0) is 36.1 Å². The number of ether oxygens (including phenoxy) is 1. The topological polar surface area (TPSA) is 80.3 Å². The average Bonchev–Trinajstić information content (AvgIpc) is 2.61. The van der Waals surface area contributed by atoms with E-state index in [1.54, 1.807) is 24.5 Å². The molecule has 6 heteroatoms. The zero-order valence-electron chi connectivity index (χ0n) is 13.2. The highest BCUT2D eigenvalue weighted by Crippen LogP contribution is 2.35. The molecule has 2 N–H and O–H groups in total. The summed E-state index contributed by atoms with van der Waals surface area (Å²) in [6.45, 7) is 0.551. The van der Waals surface area contributed by atoms with E-state index in [1.807, 2.05) is 24.3 Å². The predicted molar refractivity (Wildman–Crippen MR) is 89.8 cm³/mol. The van der Waals surface area contributed by atoms with E-state index in [0.717, 1.165) is 17.7 Å². The number of hydrogen-bond acceptors (Lipinski definition) is 4. The molecule has 0 unspecified atom stereocenters. The highest BCUT2D eigenvalue weighted by Gasteiger charge is 2.23. The van der Waals surface area contributed by atoms with E-state index in [2.05, 4.69) is 15.6 Å². The standard InChI is InChI=1S/C18H19N3O3/c22-17(20-12-18(23)21-14-4-3-8-19-11-14)10-13-7-9-24-16-6-2-1-5-15(13)16/h1-6,8,11,13H,7,9-10,12H2,(H,20,22)(H,21,23)/t13-/m0/s1. The number of pyridine rings is 1. The summed E-state index contributed by atoms with van der Waals surface area (Å²) in [7, 11) is 0. The highest BCUT2D eigenvalue weighted by atomic mass is 16.5. The quantitative estimate of drug-likeness (QED) is 0.882. The van der Waals surface area contributed by atoms with Crippen LogP contribution in [0, 0.1) is 0 Å². The van der Waals surface area contributed by atoms with Crippen molar-refractivity contribution in [3.8, 4) is 5.75 Å². The minimum atomic E-state index is -0.274. The SMILES string of the molecule is O=C(C[C@@H]1CCOc2ccccc21)NCC(=O)Nc1cccnc1. The Balaban J connectivity index is 1.49. The van der Waals surface area contributed by atoms with Crippen molar-refractivity contribution in [2.45, 2.75) is 18.8 Å². The lowest BCUT2D eigenvalue weighted by Gasteiger charge is -2.25. The van der Waals surface area contributed by atoms with Gasteiger partial charge in [0.15, 0.2) is 0 Å². The largest absolute Gasteiger partial charge is 0.493 e. The molecular formula is C18H19N3O3. The molecule has 0 saturated carbocycles. The molecule has 24 heavy (non-hydrogen) atoms. The van der Waals surface area contributed by atoms with E-state index in [4.69, 9.17) is 4.74 Å². The van der Waals surface area contributed by atoms with Crippen molar-refractivity contribution in [3.63, 3.8) is 0 Å². The lowest BCUT2D eigenvalue weighted by Crippen LogP contribution is -2.34. The number of para-hydroxylation sites is 1. The number of nitrogens with zero attached hydrogens (tertiary/aromatic N) is 1. The molecule has 1 aromatic heterocycles. The van der Waals surface area contributed by atoms with Gasteiger partial charge in [0.05, 0.1) is 25.0 Å². The number of anilines is 1. The summed E-state index contributed by atoms with van der Waals surface area (Å²) >= 11 is 0. The zero-order chi connectivity index (χ0) is 16.8. The molecule has 0 spiro atoms. The Hall–Kier alpha value is -2.89. The smallest absolute Gasteiger partial charge is 0.243 e. The van der Waals surface area contributed by atoms with Crippen LogP contribution in [0.1, 0.15) is 24.3 Å². The number of amides is 2. The van der Waals surface area contributed by atoms with Gasteiger partial charge in [-0.15, -0.1) is 0 Å². The van der Waals surface area contributed by atoms with E-state index in [0.29, 0.717) is 18.7 Å². The van der Waals surface area contributed by atoms with Gasteiger partial charge in [0.25, 0.3) is 0 Å². The van der Waals surface area contributed by atoms with Crippen LogP contribution in [0.5, 0.6) is 5.75 Å². The summed E-state index contributed by atoms with van der Waals surface area (Å²) in [5, 5.41) is 5.35. The van der Waals surface area contributed by atoms with Gasteiger partial charge < -0.3 is 15.4 Å². The molecule has 0 saturated heterocycles. The molecule has 0 radical (unpaired) electrons. The lowest BCUT2D eigenvalue weighted by molar-refractivity contribution is -0.124. The minimum Gasteiger partial charge on any atom is -0.493 e. The normalized spacial score (nSPS) is 15.8. The second-order valence-electron chi connectivity index (χ2n) is 5.64. The number of rotatable bonds is 5. The number of nitrogens with one attached hydrogen (secondary N) is 2.